The molecular formula is C26H38N8O7. The molecule has 0 spiro atoms. The fourth-order valence-corrected chi connectivity index (χ4v) is 4.17. The minimum atomic E-state index is -1.44. The fraction of sp³-hybridized carbons (Fsp3) is 0.462. The Labute approximate surface area is 236 Å². The van der Waals surface area contributed by atoms with Crippen molar-refractivity contribution in [3.63, 3.8) is 0 Å². The molecule has 13 N–H and O–H groups in total. The first kappa shape index (κ1) is 32.7. The number of carbonyl (C=O) groups is 6. The third-order valence-electron chi connectivity index (χ3n) is 6.36. The molecule has 1 heterocycles. The van der Waals surface area contributed by atoms with Gasteiger partial charge in [0.25, 0.3) is 0 Å². The Bertz CT molecular complexity index is 1250. The second-order valence-corrected chi connectivity index (χ2v) is 9.65. The molecule has 0 saturated heterocycles. The summed E-state index contributed by atoms with van der Waals surface area (Å²) < 4.78 is 0. The van der Waals surface area contributed by atoms with Crippen LogP contribution in [0.3, 0.4) is 0 Å². The van der Waals surface area contributed by atoms with Crippen molar-refractivity contribution in [2.75, 3.05) is 6.54 Å². The number of primary amides is 2. The number of nitrogens with two attached hydrogens (primary N) is 4. The summed E-state index contributed by atoms with van der Waals surface area (Å²) in [6, 6.07) is 2.13. The van der Waals surface area contributed by atoms with Gasteiger partial charge in [-0.2, -0.15) is 0 Å². The van der Waals surface area contributed by atoms with Crippen LogP contribution in [0.5, 0.6) is 0 Å². The quantitative estimate of drug-likeness (QED) is 0.0876. The summed E-state index contributed by atoms with van der Waals surface area (Å²) >= 11 is 0. The highest BCUT2D eigenvalue weighted by Crippen LogP contribution is 2.19. The van der Waals surface area contributed by atoms with Gasteiger partial charge in [-0.25, -0.2) is 4.79 Å². The Morgan fingerprint density at radius 3 is 2.10 bits per heavy atom. The molecule has 15 nitrogen and oxygen atoms in total. The number of carbonyl (C=O) groups excluding carboxylic acids is 5. The maximum atomic E-state index is 13.4. The van der Waals surface area contributed by atoms with Crippen molar-refractivity contribution in [3.05, 3.63) is 36.0 Å². The van der Waals surface area contributed by atoms with Gasteiger partial charge in [-0.05, 0) is 43.9 Å². The summed E-state index contributed by atoms with van der Waals surface area (Å²) in [6.07, 6.45) is 1.82. The summed E-state index contributed by atoms with van der Waals surface area (Å²) in [7, 11) is 0. The van der Waals surface area contributed by atoms with Crippen LogP contribution in [0, 0.1) is 0 Å². The van der Waals surface area contributed by atoms with E-state index in [4.69, 9.17) is 22.9 Å². The largest absolute Gasteiger partial charge is 0.480 e. The molecule has 4 atom stereocenters. The number of unbranched alkanes of at least 4 members (excludes halogenated alkanes) is 1. The van der Waals surface area contributed by atoms with Gasteiger partial charge in [-0.15, -0.1) is 0 Å². The average Bonchev–Trinajstić information content (AvgIpc) is 3.31. The number of aromatic amines is 1. The number of benzene rings is 1. The van der Waals surface area contributed by atoms with E-state index in [1.165, 1.54) is 0 Å². The van der Waals surface area contributed by atoms with E-state index >= 15 is 0 Å². The lowest BCUT2D eigenvalue weighted by Crippen LogP contribution is -2.57. The van der Waals surface area contributed by atoms with E-state index in [0.717, 1.165) is 10.9 Å². The fourth-order valence-electron chi connectivity index (χ4n) is 4.17. The molecule has 224 valence electrons. The van der Waals surface area contributed by atoms with Crippen LogP contribution in [0.25, 0.3) is 10.9 Å². The number of hydrogen-bond acceptors (Lipinski definition) is 8. The first-order chi connectivity index (χ1) is 19.4. The predicted molar refractivity (Wildman–Crippen MR) is 149 cm³/mol. The van der Waals surface area contributed by atoms with Crippen LogP contribution in [0.2, 0.25) is 0 Å². The van der Waals surface area contributed by atoms with Crippen LogP contribution in [-0.4, -0.2) is 76.3 Å². The second kappa shape index (κ2) is 15.9. The number of aliphatic carboxylic acids is 1. The number of rotatable bonds is 18. The molecular weight excluding hydrogens is 536 g/mol. The molecule has 5 amide bonds. The molecule has 0 saturated carbocycles. The number of para-hydroxylation sites is 1. The Kier molecular flexibility index (Phi) is 12.7. The van der Waals surface area contributed by atoms with Gasteiger partial charge in [0.05, 0.1) is 12.5 Å². The van der Waals surface area contributed by atoms with Gasteiger partial charge in [0.2, 0.25) is 29.5 Å². The van der Waals surface area contributed by atoms with Crippen LogP contribution in [-0.2, 0) is 35.2 Å². The molecule has 2 aromatic rings. The summed E-state index contributed by atoms with van der Waals surface area (Å²) in [6.45, 7) is 0.344. The third-order valence-corrected chi connectivity index (χ3v) is 6.36. The lowest BCUT2D eigenvalue weighted by Gasteiger charge is -2.25. The van der Waals surface area contributed by atoms with E-state index in [1.807, 2.05) is 18.2 Å². The third kappa shape index (κ3) is 10.5. The zero-order chi connectivity index (χ0) is 30.5. The molecule has 0 aliphatic carbocycles. The maximum absolute atomic E-state index is 13.4. The Hall–Kier alpha value is -4.50. The number of aromatic nitrogens is 1. The highest BCUT2D eigenvalue weighted by Gasteiger charge is 2.31. The van der Waals surface area contributed by atoms with E-state index in [2.05, 4.69) is 20.9 Å². The predicted octanol–water partition coefficient (Wildman–Crippen LogP) is -2.15. The molecule has 0 bridgehead atoms. The molecule has 0 aliphatic rings. The van der Waals surface area contributed by atoms with Gasteiger partial charge in [-0.3, -0.25) is 24.0 Å². The first-order valence-corrected chi connectivity index (χ1v) is 13.1. The summed E-state index contributed by atoms with van der Waals surface area (Å²) in [4.78, 5) is 76.5. The van der Waals surface area contributed by atoms with Crippen molar-refractivity contribution in [3.8, 4) is 0 Å². The molecule has 0 aliphatic heterocycles. The number of nitrogens with one attached hydrogen (secondary N) is 4. The molecule has 41 heavy (non-hydrogen) atoms. The summed E-state index contributed by atoms with van der Waals surface area (Å²) in [5, 5.41) is 17.8. The Morgan fingerprint density at radius 2 is 1.46 bits per heavy atom. The monoisotopic (exact) mass is 574 g/mol. The van der Waals surface area contributed by atoms with Gasteiger partial charge in [0, 0.05) is 29.9 Å². The standard InChI is InChI=1S/C26H38N8O7/c27-10-4-3-7-18(32-23(37)16(28)12-22(30)36)24(38)34-20(11-14-13-31-17-6-2-1-5-15(14)17)25(39)33-19(26(40)41)8-9-21(29)35/h1-2,5-6,13,16,18-20,31H,3-4,7-12,27-28H2,(H2,29,35)(H2,30,36)(H,32,37)(H,33,39)(H,34,38)(H,40,41). The highest BCUT2D eigenvalue weighted by molar-refractivity contribution is 5.95. The minimum absolute atomic E-state index is 0.0333. The number of carboxylic acids is 1. The molecule has 2 rings (SSSR count). The Balaban J connectivity index is 2.32. The van der Waals surface area contributed by atoms with Crippen molar-refractivity contribution in [2.45, 2.75) is 69.1 Å². The van der Waals surface area contributed by atoms with E-state index < -0.39 is 66.1 Å². The average molecular weight is 575 g/mol. The van der Waals surface area contributed by atoms with E-state index in [1.54, 1.807) is 12.3 Å². The van der Waals surface area contributed by atoms with Crippen molar-refractivity contribution in [1.82, 2.24) is 20.9 Å². The van der Waals surface area contributed by atoms with Crippen molar-refractivity contribution in [2.24, 2.45) is 22.9 Å². The summed E-state index contributed by atoms with van der Waals surface area (Å²) in [5.74, 6) is -5.25. The van der Waals surface area contributed by atoms with Crippen LogP contribution in [0.1, 0.15) is 44.1 Å². The van der Waals surface area contributed by atoms with Crippen LogP contribution in [0.15, 0.2) is 30.5 Å². The molecule has 4 unspecified atom stereocenters. The lowest BCUT2D eigenvalue weighted by molar-refractivity contribution is -0.142. The van der Waals surface area contributed by atoms with Crippen LogP contribution >= 0.6 is 0 Å². The van der Waals surface area contributed by atoms with Crippen LogP contribution < -0.4 is 38.9 Å². The van der Waals surface area contributed by atoms with Gasteiger partial charge >= 0.3 is 5.97 Å². The lowest BCUT2D eigenvalue weighted by atomic mass is 10.0. The Morgan fingerprint density at radius 1 is 0.829 bits per heavy atom. The maximum Gasteiger partial charge on any atom is 0.326 e. The van der Waals surface area contributed by atoms with Gasteiger partial charge in [0.15, 0.2) is 0 Å². The minimum Gasteiger partial charge on any atom is -0.480 e. The van der Waals surface area contributed by atoms with Gasteiger partial charge in [-0.1, -0.05) is 18.2 Å². The zero-order valence-corrected chi connectivity index (χ0v) is 22.6. The normalized spacial score (nSPS) is 13.9. The molecule has 0 fully saturated rings. The highest BCUT2D eigenvalue weighted by atomic mass is 16.4. The number of fused-ring (bicyclic) bond motifs is 1. The van der Waals surface area contributed by atoms with Gasteiger partial charge < -0.3 is 49.0 Å². The van der Waals surface area contributed by atoms with Crippen molar-refractivity contribution >= 4 is 46.4 Å². The van der Waals surface area contributed by atoms with Crippen molar-refractivity contribution < 1.29 is 33.9 Å². The van der Waals surface area contributed by atoms with Gasteiger partial charge in [0.1, 0.15) is 18.1 Å². The topological polar surface area (TPSA) is 279 Å². The van der Waals surface area contributed by atoms with Crippen molar-refractivity contribution in [1.29, 1.82) is 0 Å². The van der Waals surface area contributed by atoms with E-state index in [9.17, 15) is 33.9 Å². The van der Waals surface area contributed by atoms with E-state index in [-0.39, 0.29) is 25.7 Å². The number of amides is 5. The second-order valence-electron chi connectivity index (χ2n) is 9.65. The molecule has 0 radical (unpaired) electrons. The zero-order valence-electron chi connectivity index (χ0n) is 22.6. The molecule has 1 aromatic heterocycles. The molecule has 1 aromatic carbocycles. The first-order valence-electron chi connectivity index (χ1n) is 13.1. The van der Waals surface area contributed by atoms with E-state index in [0.29, 0.717) is 24.9 Å². The number of H-pyrrole nitrogens is 1. The smallest absolute Gasteiger partial charge is 0.326 e. The molecule has 15 heteroatoms. The SMILES string of the molecule is NCCCCC(NC(=O)C(N)CC(N)=O)C(=O)NC(Cc1c[nH]c2ccccc12)C(=O)NC(CCC(N)=O)C(=O)O. The number of hydrogen-bond donors (Lipinski definition) is 9. The summed E-state index contributed by atoms with van der Waals surface area (Å²) in [5.41, 5.74) is 23.0. The van der Waals surface area contributed by atoms with Crippen LogP contribution in [0.4, 0.5) is 0 Å². The number of carboxylic acid groups (broad SMARTS) is 1.